The summed E-state index contributed by atoms with van der Waals surface area (Å²) in [4.78, 5) is 38.9. The fourth-order valence-electron chi connectivity index (χ4n) is 4.39. The minimum absolute atomic E-state index is 0.152. The van der Waals surface area contributed by atoms with E-state index in [9.17, 15) is 4.79 Å². The van der Waals surface area contributed by atoms with Crippen molar-refractivity contribution in [3.8, 4) is 17.1 Å². The van der Waals surface area contributed by atoms with Crippen LogP contribution in [0.2, 0.25) is 0 Å². The lowest BCUT2D eigenvalue weighted by Gasteiger charge is -2.28. The number of imidazole rings is 1. The van der Waals surface area contributed by atoms with Crippen LogP contribution in [-0.4, -0.2) is 80.6 Å². The fourth-order valence-corrected chi connectivity index (χ4v) is 4.39. The Kier molecular flexibility index (Phi) is 10.2. The Morgan fingerprint density at radius 1 is 1.12 bits per heavy atom. The second-order valence-corrected chi connectivity index (χ2v) is 9.92. The molecule has 13 nitrogen and oxygen atoms in total. The van der Waals surface area contributed by atoms with E-state index in [1.54, 1.807) is 5.48 Å². The van der Waals surface area contributed by atoms with Gasteiger partial charge in [0.25, 0.3) is 5.91 Å². The van der Waals surface area contributed by atoms with E-state index in [-0.39, 0.29) is 5.56 Å². The first kappa shape index (κ1) is 30.6. The summed E-state index contributed by atoms with van der Waals surface area (Å²) in [6.45, 7) is 11.8. The molecular weight excluding hydrogens is 538 g/mol. The van der Waals surface area contributed by atoms with Gasteiger partial charge in [-0.1, -0.05) is 32.4 Å². The summed E-state index contributed by atoms with van der Waals surface area (Å²) in [6.07, 6.45) is 3.96. The third-order valence-electron chi connectivity index (χ3n) is 6.57. The largest absolute Gasteiger partial charge is 0.494 e. The van der Waals surface area contributed by atoms with Crippen molar-refractivity contribution in [2.75, 3.05) is 49.8 Å². The number of rotatable bonds is 8. The van der Waals surface area contributed by atoms with Crippen LogP contribution in [0, 0.1) is 6.92 Å². The van der Waals surface area contributed by atoms with Gasteiger partial charge in [-0.3, -0.25) is 10.0 Å². The Morgan fingerprint density at radius 2 is 1.81 bits per heavy atom. The third kappa shape index (κ3) is 6.74. The normalized spacial score (nSPS) is 13.0. The van der Waals surface area contributed by atoms with Gasteiger partial charge in [0.05, 0.1) is 31.9 Å². The predicted molar refractivity (Wildman–Crippen MR) is 160 cm³/mol. The van der Waals surface area contributed by atoms with Gasteiger partial charge >= 0.3 is 0 Å². The number of morpholine rings is 1. The molecule has 1 saturated heterocycles. The van der Waals surface area contributed by atoms with Crippen LogP contribution >= 0.6 is 0 Å². The van der Waals surface area contributed by atoms with Crippen molar-refractivity contribution in [3.63, 3.8) is 0 Å². The van der Waals surface area contributed by atoms with E-state index in [4.69, 9.17) is 29.6 Å². The number of anilines is 2. The van der Waals surface area contributed by atoms with E-state index in [1.165, 1.54) is 18.8 Å². The summed E-state index contributed by atoms with van der Waals surface area (Å²) in [7, 11) is 3.76. The maximum atomic E-state index is 11.6. The molecular formula is C29H39N9O4. The Hall–Kier alpha value is -4.36. The lowest BCUT2D eigenvalue weighted by molar-refractivity contribution is 0.0705. The third-order valence-corrected chi connectivity index (χ3v) is 6.57. The highest BCUT2D eigenvalue weighted by Gasteiger charge is 2.23. The number of carbonyl (C=O) groups excluding carboxylic acids is 1. The summed E-state index contributed by atoms with van der Waals surface area (Å²) in [5.74, 6) is 2.63. The van der Waals surface area contributed by atoms with Crippen molar-refractivity contribution in [2.24, 2.45) is 7.05 Å². The van der Waals surface area contributed by atoms with Gasteiger partial charge < -0.3 is 23.8 Å². The molecule has 4 aromatic rings. The monoisotopic (exact) mass is 577 g/mol. The zero-order chi connectivity index (χ0) is 30.2. The summed E-state index contributed by atoms with van der Waals surface area (Å²) in [5, 5.41) is 8.82. The molecule has 42 heavy (non-hydrogen) atoms. The lowest BCUT2D eigenvalue weighted by atomic mass is 10.1. The second-order valence-electron chi connectivity index (χ2n) is 9.92. The van der Waals surface area contributed by atoms with Crippen LogP contribution in [0.3, 0.4) is 0 Å². The van der Waals surface area contributed by atoms with Crippen LogP contribution in [0.5, 0.6) is 5.75 Å². The van der Waals surface area contributed by atoms with Gasteiger partial charge in [0.2, 0.25) is 5.95 Å². The number of aryl methyl sites for hydroxylation is 2. The molecule has 1 amide bonds. The first-order chi connectivity index (χ1) is 20.3. The van der Waals surface area contributed by atoms with Crippen molar-refractivity contribution in [1.82, 2.24) is 35.0 Å². The molecule has 3 aromatic heterocycles. The number of hydrogen-bond donors (Lipinski definition) is 2. The van der Waals surface area contributed by atoms with E-state index >= 15 is 0 Å². The van der Waals surface area contributed by atoms with Crippen LogP contribution in [-0.2, 0) is 18.3 Å². The highest BCUT2D eigenvalue weighted by atomic mass is 16.5. The number of fused-ring (bicyclic) bond motifs is 1. The van der Waals surface area contributed by atoms with Crippen molar-refractivity contribution in [1.29, 1.82) is 0 Å². The number of nitrogens with one attached hydrogen (secondary N) is 1. The first-order valence-electron chi connectivity index (χ1n) is 14.1. The summed E-state index contributed by atoms with van der Waals surface area (Å²) in [5.41, 5.74) is 5.05. The zero-order valence-electron chi connectivity index (χ0n) is 25.1. The molecule has 1 aromatic carbocycles. The molecule has 0 unspecified atom stereocenters. The second kappa shape index (κ2) is 14.0. The van der Waals surface area contributed by atoms with Crippen LogP contribution < -0.4 is 20.0 Å². The summed E-state index contributed by atoms with van der Waals surface area (Å²) < 4.78 is 13.4. The number of nitrogens with zero attached hydrogens (tertiary/aromatic N) is 8. The van der Waals surface area contributed by atoms with E-state index in [0.29, 0.717) is 62.4 Å². The molecule has 4 heterocycles. The average Bonchev–Trinajstić information content (AvgIpc) is 3.32. The Morgan fingerprint density at radius 3 is 2.45 bits per heavy atom. The molecule has 0 atom stereocenters. The van der Waals surface area contributed by atoms with Crippen LogP contribution in [0.25, 0.3) is 22.6 Å². The number of aromatic nitrogens is 6. The van der Waals surface area contributed by atoms with Crippen molar-refractivity contribution < 1.29 is 19.5 Å². The zero-order valence-corrected chi connectivity index (χ0v) is 25.1. The smallest absolute Gasteiger partial charge is 0.277 e. The molecule has 0 aliphatic carbocycles. The number of hydrogen-bond acceptors (Lipinski definition) is 11. The van der Waals surface area contributed by atoms with Gasteiger partial charge in [0.15, 0.2) is 22.8 Å². The van der Waals surface area contributed by atoms with Gasteiger partial charge in [-0.25, -0.2) is 30.4 Å². The minimum atomic E-state index is -0.675. The fraction of sp³-hybridized carbons (Fsp3) is 0.448. The topological polar surface area (TPSA) is 144 Å². The quantitative estimate of drug-likeness (QED) is 0.234. The Bertz CT molecular complexity index is 1500. The number of benzene rings is 1. The molecule has 224 valence electrons. The lowest BCUT2D eigenvalue weighted by Crippen LogP contribution is -2.37. The molecule has 2 N–H and O–H groups in total. The van der Waals surface area contributed by atoms with E-state index in [0.717, 1.165) is 28.5 Å². The van der Waals surface area contributed by atoms with Gasteiger partial charge in [-0.15, -0.1) is 0 Å². The van der Waals surface area contributed by atoms with Gasteiger partial charge in [-0.2, -0.15) is 0 Å². The van der Waals surface area contributed by atoms with Crippen molar-refractivity contribution >= 4 is 28.8 Å². The van der Waals surface area contributed by atoms with E-state index in [1.807, 2.05) is 55.6 Å². The molecule has 1 aliphatic rings. The van der Waals surface area contributed by atoms with E-state index in [2.05, 4.69) is 28.7 Å². The average molecular weight is 578 g/mol. The van der Waals surface area contributed by atoms with Crippen molar-refractivity contribution in [3.05, 3.63) is 47.5 Å². The summed E-state index contributed by atoms with van der Waals surface area (Å²) >= 11 is 0. The molecule has 1 fully saturated rings. The standard InChI is InChI=1S/C26H31N9O4.C3H8/c1-5-39-19-12-17(7-6-16(19)2)22-30-23-21(24(31-22)35-8-10-38-11-9-35)29-20(34(23)4)15-33(3)26-27-13-18(14-28-26)25(36)32-37;1-3-2/h6-7,12-14,37H,5,8-11,15H2,1-4H3,(H,32,36);3H2,1-2H3. The highest BCUT2D eigenvalue weighted by molar-refractivity contribution is 5.92. The van der Waals surface area contributed by atoms with Gasteiger partial charge in [0, 0.05) is 45.1 Å². The first-order valence-corrected chi connectivity index (χ1v) is 14.1. The number of carbonyl (C=O) groups is 1. The Labute approximate surface area is 245 Å². The molecule has 13 heteroatoms. The number of amides is 1. The van der Waals surface area contributed by atoms with Gasteiger partial charge in [0.1, 0.15) is 11.6 Å². The molecule has 0 spiro atoms. The molecule has 5 rings (SSSR count). The molecule has 0 radical (unpaired) electrons. The maximum absolute atomic E-state index is 11.6. The SMILES string of the molecule is CCC.CCOc1cc(-c2nc(N3CCOCC3)c3nc(CN(C)c4ncc(C(=O)NO)cn4)n(C)c3n2)ccc1C. The summed E-state index contributed by atoms with van der Waals surface area (Å²) in [6, 6.07) is 6.00. The van der Waals surface area contributed by atoms with Crippen LogP contribution in [0.15, 0.2) is 30.6 Å². The number of hydroxylamine groups is 1. The molecule has 0 bridgehead atoms. The Balaban J connectivity index is 0.00000129. The number of ether oxygens (including phenoxy) is 2. The van der Waals surface area contributed by atoms with Gasteiger partial charge in [-0.05, 0) is 25.5 Å². The molecule has 0 saturated carbocycles. The molecule has 1 aliphatic heterocycles. The highest BCUT2D eigenvalue weighted by Crippen LogP contribution is 2.31. The van der Waals surface area contributed by atoms with Crippen LogP contribution in [0.1, 0.15) is 48.9 Å². The van der Waals surface area contributed by atoms with Crippen molar-refractivity contribution in [2.45, 2.75) is 40.7 Å². The van der Waals surface area contributed by atoms with E-state index < -0.39 is 5.91 Å². The minimum Gasteiger partial charge on any atom is -0.494 e. The predicted octanol–water partition coefficient (Wildman–Crippen LogP) is 3.54. The maximum Gasteiger partial charge on any atom is 0.277 e. The van der Waals surface area contributed by atoms with Crippen LogP contribution in [0.4, 0.5) is 11.8 Å².